The lowest BCUT2D eigenvalue weighted by Gasteiger charge is -2.14. The number of carbonyl (C=O) groups is 3. The number of rotatable bonds is 5. The molecule has 0 saturated heterocycles. The summed E-state index contributed by atoms with van der Waals surface area (Å²) < 4.78 is 4.94. The number of aldehydes is 1. The van der Waals surface area contributed by atoms with Gasteiger partial charge < -0.3 is 9.53 Å². The predicted molar refractivity (Wildman–Crippen MR) is 57.7 cm³/mol. The molecular formula is C12H18O4. The number of esters is 1. The fraction of sp³-hybridized carbons (Fsp3) is 0.750. The van der Waals surface area contributed by atoms with Gasteiger partial charge in [-0.2, -0.15) is 0 Å². The molecule has 0 heterocycles. The third-order valence-electron chi connectivity index (χ3n) is 3.52. The van der Waals surface area contributed by atoms with Gasteiger partial charge in [0, 0.05) is 12.8 Å². The Morgan fingerprint density at radius 1 is 1.38 bits per heavy atom. The van der Waals surface area contributed by atoms with E-state index in [4.69, 9.17) is 4.74 Å². The molecule has 1 saturated carbocycles. The van der Waals surface area contributed by atoms with Crippen LogP contribution in [0.25, 0.3) is 0 Å². The molecule has 0 aromatic carbocycles. The van der Waals surface area contributed by atoms with Gasteiger partial charge in [0.15, 0.2) is 11.9 Å². The van der Waals surface area contributed by atoms with Gasteiger partial charge in [0.2, 0.25) is 0 Å². The van der Waals surface area contributed by atoms with Crippen molar-refractivity contribution >= 4 is 18.0 Å². The monoisotopic (exact) mass is 226 g/mol. The van der Waals surface area contributed by atoms with Crippen LogP contribution in [-0.2, 0) is 19.1 Å². The van der Waals surface area contributed by atoms with E-state index in [0.717, 1.165) is 6.29 Å². The van der Waals surface area contributed by atoms with Crippen molar-refractivity contribution in [3.63, 3.8) is 0 Å². The van der Waals surface area contributed by atoms with Crippen molar-refractivity contribution in [1.29, 1.82) is 0 Å². The average Bonchev–Trinajstić information content (AvgIpc) is 2.65. The standard InChI is InChI=1S/C12H18O4/c1-7(14)11(16-8(2)15)5-9-10(6-13)12(9,3)4/h6,9-11H,5H2,1-4H3/t9-,10+,11?/m1/s1. The Labute approximate surface area is 95.3 Å². The van der Waals surface area contributed by atoms with Crippen LogP contribution in [0.2, 0.25) is 0 Å². The molecule has 16 heavy (non-hydrogen) atoms. The highest BCUT2D eigenvalue weighted by Crippen LogP contribution is 2.59. The van der Waals surface area contributed by atoms with E-state index in [9.17, 15) is 14.4 Å². The van der Waals surface area contributed by atoms with Gasteiger partial charge in [0.25, 0.3) is 0 Å². The predicted octanol–water partition coefficient (Wildman–Crippen LogP) is 1.37. The van der Waals surface area contributed by atoms with E-state index >= 15 is 0 Å². The molecule has 0 spiro atoms. The Bertz CT molecular complexity index is 319. The zero-order chi connectivity index (χ0) is 12.5. The van der Waals surface area contributed by atoms with Crippen molar-refractivity contribution in [3.8, 4) is 0 Å². The molecule has 1 unspecified atom stereocenters. The van der Waals surface area contributed by atoms with E-state index in [1.54, 1.807) is 0 Å². The van der Waals surface area contributed by atoms with Gasteiger partial charge in [-0.1, -0.05) is 13.8 Å². The van der Waals surface area contributed by atoms with Crippen molar-refractivity contribution in [2.45, 2.75) is 40.2 Å². The highest BCUT2D eigenvalue weighted by atomic mass is 16.5. The second kappa shape index (κ2) is 4.36. The third-order valence-corrected chi connectivity index (χ3v) is 3.52. The van der Waals surface area contributed by atoms with Crippen LogP contribution in [0.4, 0.5) is 0 Å². The molecule has 1 aliphatic carbocycles. The summed E-state index contributed by atoms with van der Waals surface area (Å²) in [5, 5.41) is 0. The largest absolute Gasteiger partial charge is 0.455 e. The minimum atomic E-state index is -0.702. The molecular weight excluding hydrogens is 208 g/mol. The fourth-order valence-electron chi connectivity index (χ4n) is 2.24. The van der Waals surface area contributed by atoms with Crippen LogP contribution >= 0.6 is 0 Å². The van der Waals surface area contributed by atoms with Crippen molar-refractivity contribution in [1.82, 2.24) is 0 Å². The van der Waals surface area contributed by atoms with E-state index < -0.39 is 12.1 Å². The molecule has 0 amide bonds. The number of Topliss-reactive ketones (excluding diaryl/α,β-unsaturated/α-hetero) is 1. The van der Waals surface area contributed by atoms with Gasteiger partial charge in [-0.3, -0.25) is 9.59 Å². The quantitative estimate of drug-likeness (QED) is 0.524. The summed E-state index contributed by atoms with van der Waals surface area (Å²) in [5.74, 6) is -0.507. The van der Waals surface area contributed by atoms with E-state index in [1.165, 1.54) is 13.8 Å². The molecule has 0 radical (unpaired) electrons. The molecule has 4 heteroatoms. The molecule has 1 fully saturated rings. The lowest BCUT2D eigenvalue weighted by Crippen LogP contribution is -2.25. The molecule has 1 rings (SSSR count). The van der Waals surface area contributed by atoms with Crippen LogP contribution in [0.1, 0.15) is 34.1 Å². The fourth-order valence-corrected chi connectivity index (χ4v) is 2.24. The van der Waals surface area contributed by atoms with Crippen molar-refractivity contribution in [2.75, 3.05) is 0 Å². The highest BCUT2D eigenvalue weighted by Gasteiger charge is 2.58. The Balaban J connectivity index is 2.61. The molecule has 0 aromatic heterocycles. The second-order valence-electron chi connectivity index (χ2n) is 5.03. The second-order valence-corrected chi connectivity index (χ2v) is 5.03. The lowest BCUT2D eigenvalue weighted by molar-refractivity contribution is -0.153. The average molecular weight is 226 g/mol. The van der Waals surface area contributed by atoms with Crippen molar-refractivity contribution in [2.24, 2.45) is 17.3 Å². The minimum Gasteiger partial charge on any atom is -0.455 e. The van der Waals surface area contributed by atoms with Crippen LogP contribution in [0, 0.1) is 17.3 Å². The summed E-state index contributed by atoms with van der Waals surface area (Å²) in [6, 6.07) is 0. The summed E-state index contributed by atoms with van der Waals surface area (Å²) in [6.45, 7) is 6.66. The Morgan fingerprint density at radius 2 is 1.94 bits per heavy atom. The number of hydrogen-bond donors (Lipinski definition) is 0. The number of carbonyl (C=O) groups excluding carboxylic acids is 3. The first kappa shape index (κ1) is 12.9. The summed E-state index contributed by atoms with van der Waals surface area (Å²) in [6.07, 6.45) is 0.674. The Kier molecular flexibility index (Phi) is 3.51. The normalized spacial score (nSPS) is 28.0. The van der Waals surface area contributed by atoms with Crippen LogP contribution in [0.5, 0.6) is 0 Å². The van der Waals surface area contributed by atoms with Crippen LogP contribution in [0.15, 0.2) is 0 Å². The van der Waals surface area contributed by atoms with Crippen LogP contribution in [-0.4, -0.2) is 24.1 Å². The highest BCUT2D eigenvalue weighted by molar-refractivity contribution is 5.83. The zero-order valence-corrected chi connectivity index (χ0v) is 10.1. The first-order valence-corrected chi connectivity index (χ1v) is 5.43. The summed E-state index contributed by atoms with van der Waals surface area (Å²) in [5.41, 5.74) is -0.0738. The molecule has 4 nitrogen and oxygen atoms in total. The van der Waals surface area contributed by atoms with E-state index in [2.05, 4.69) is 0 Å². The molecule has 1 aliphatic rings. The summed E-state index contributed by atoms with van der Waals surface area (Å²) in [4.78, 5) is 32.9. The molecule has 3 atom stereocenters. The number of ether oxygens (including phenoxy) is 1. The lowest BCUT2D eigenvalue weighted by atomic mass is 10.0. The molecule has 0 aliphatic heterocycles. The Morgan fingerprint density at radius 3 is 2.25 bits per heavy atom. The molecule has 0 N–H and O–H groups in total. The zero-order valence-electron chi connectivity index (χ0n) is 10.1. The van der Waals surface area contributed by atoms with Gasteiger partial charge in [-0.15, -0.1) is 0 Å². The van der Waals surface area contributed by atoms with Gasteiger partial charge in [-0.05, 0) is 24.7 Å². The van der Waals surface area contributed by atoms with E-state index in [1.807, 2.05) is 13.8 Å². The summed E-state index contributed by atoms with van der Waals surface area (Å²) in [7, 11) is 0. The smallest absolute Gasteiger partial charge is 0.303 e. The van der Waals surface area contributed by atoms with Crippen LogP contribution < -0.4 is 0 Å². The van der Waals surface area contributed by atoms with Gasteiger partial charge >= 0.3 is 5.97 Å². The first-order valence-electron chi connectivity index (χ1n) is 5.43. The van der Waals surface area contributed by atoms with E-state index in [-0.39, 0.29) is 23.0 Å². The molecule has 0 aromatic rings. The topological polar surface area (TPSA) is 60.4 Å². The maximum atomic E-state index is 11.3. The third kappa shape index (κ3) is 2.49. The summed E-state index contributed by atoms with van der Waals surface area (Å²) >= 11 is 0. The molecule has 0 bridgehead atoms. The molecule has 90 valence electrons. The number of hydrogen-bond acceptors (Lipinski definition) is 4. The SMILES string of the molecule is CC(=O)OC(C[C@@H]1[C@H](C=O)C1(C)C)C(C)=O. The van der Waals surface area contributed by atoms with Crippen LogP contribution in [0.3, 0.4) is 0 Å². The van der Waals surface area contributed by atoms with Gasteiger partial charge in [-0.25, -0.2) is 0 Å². The first-order chi connectivity index (χ1) is 7.30. The minimum absolute atomic E-state index is 0.0232. The van der Waals surface area contributed by atoms with E-state index in [0.29, 0.717) is 6.42 Å². The van der Waals surface area contributed by atoms with Gasteiger partial charge in [0.05, 0.1) is 0 Å². The maximum absolute atomic E-state index is 11.3. The van der Waals surface area contributed by atoms with Crippen molar-refractivity contribution < 1.29 is 19.1 Å². The Hall–Kier alpha value is -1.19. The van der Waals surface area contributed by atoms with Gasteiger partial charge in [0.1, 0.15) is 6.29 Å². The number of ketones is 1. The maximum Gasteiger partial charge on any atom is 0.303 e. The van der Waals surface area contributed by atoms with Crippen molar-refractivity contribution in [3.05, 3.63) is 0 Å².